The molecular formula is C19H22N2O5S. The summed E-state index contributed by atoms with van der Waals surface area (Å²) in [4.78, 5) is 17.8. The second-order valence-electron chi connectivity index (χ2n) is 6.20. The smallest absolute Gasteiger partial charge is 0.275 e. The van der Waals surface area contributed by atoms with Gasteiger partial charge in [-0.25, -0.2) is 13.9 Å². The SMILES string of the molecule is Cc1ccc(S(=O)(=O)N2CCOCC2)cc1C(=O)NOCc1ccccc1. The quantitative estimate of drug-likeness (QED) is 0.762. The fourth-order valence-electron chi connectivity index (χ4n) is 2.76. The Kier molecular flexibility index (Phi) is 6.22. The van der Waals surface area contributed by atoms with E-state index < -0.39 is 15.9 Å². The third kappa shape index (κ3) is 4.72. The van der Waals surface area contributed by atoms with Crippen molar-refractivity contribution in [1.82, 2.24) is 9.79 Å². The van der Waals surface area contributed by atoms with Gasteiger partial charge in [0.15, 0.2) is 0 Å². The number of rotatable bonds is 6. The molecule has 0 atom stereocenters. The molecule has 1 N–H and O–H groups in total. The number of hydrogen-bond donors (Lipinski definition) is 1. The summed E-state index contributed by atoms with van der Waals surface area (Å²) in [6.07, 6.45) is 0. The van der Waals surface area contributed by atoms with E-state index in [9.17, 15) is 13.2 Å². The number of morpholine rings is 1. The van der Waals surface area contributed by atoms with Crippen LogP contribution in [0.5, 0.6) is 0 Å². The first-order chi connectivity index (χ1) is 13.0. The Morgan fingerprint density at radius 3 is 2.56 bits per heavy atom. The van der Waals surface area contributed by atoms with Gasteiger partial charge in [-0.3, -0.25) is 9.63 Å². The van der Waals surface area contributed by atoms with Crippen LogP contribution in [-0.2, 0) is 26.2 Å². The van der Waals surface area contributed by atoms with Crippen LogP contribution in [0, 0.1) is 6.92 Å². The van der Waals surface area contributed by atoms with Gasteiger partial charge in [-0.2, -0.15) is 4.31 Å². The average Bonchev–Trinajstić information content (AvgIpc) is 2.69. The van der Waals surface area contributed by atoms with Crippen molar-refractivity contribution in [3.63, 3.8) is 0 Å². The normalized spacial score (nSPS) is 15.4. The summed E-state index contributed by atoms with van der Waals surface area (Å²) in [6.45, 7) is 3.31. The first-order valence-electron chi connectivity index (χ1n) is 8.63. The highest BCUT2D eigenvalue weighted by molar-refractivity contribution is 7.89. The van der Waals surface area contributed by atoms with Crippen LogP contribution in [0.4, 0.5) is 0 Å². The van der Waals surface area contributed by atoms with Crippen molar-refractivity contribution in [2.24, 2.45) is 0 Å². The molecule has 8 heteroatoms. The number of nitrogens with zero attached hydrogens (tertiary/aromatic N) is 1. The number of nitrogens with one attached hydrogen (secondary N) is 1. The molecule has 1 fully saturated rings. The summed E-state index contributed by atoms with van der Waals surface area (Å²) >= 11 is 0. The monoisotopic (exact) mass is 390 g/mol. The van der Waals surface area contributed by atoms with Gasteiger partial charge in [-0.1, -0.05) is 36.4 Å². The second kappa shape index (κ2) is 8.62. The van der Waals surface area contributed by atoms with Gasteiger partial charge < -0.3 is 4.74 Å². The lowest BCUT2D eigenvalue weighted by molar-refractivity contribution is 0.0233. The molecule has 1 saturated heterocycles. The van der Waals surface area contributed by atoms with Crippen LogP contribution >= 0.6 is 0 Å². The molecule has 7 nitrogen and oxygen atoms in total. The molecule has 1 aliphatic heterocycles. The standard InChI is InChI=1S/C19H22N2O5S/c1-15-7-8-17(27(23,24)21-9-11-25-12-10-21)13-18(15)19(22)20-26-14-16-5-3-2-4-6-16/h2-8,13H,9-12,14H2,1H3,(H,20,22). The number of sulfonamides is 1. The van der Waals surface area contributed by atoms with Crippen LogP contribution in [0.3, 0.4) is 0 Å². The van der Waals surface area contributed by atoms with E-state index in [2.05, 4.69) is 5.48 Å². The molecule has 0 radical (unpaired) electrons. The molecule has 3 rings (SSSR count). The first kappa shape index (κ1) is 19.5. The molecule has 1 amide bonds. The Morgan fingerprint density at radius 1 is 1.15 bits per heavy atom. The molecule has 0 unspecified atom stereocenters. The maximum atomic E-state index is 12.8. The van der Waals surface area contributed by atoms with E-state index in [1.165, 1.54) is 16.4 Å². The van der Waals surface area contributed by atoms with Crippen molar-refractivity contribution in [1.29, 1.82) is 0 Å². The number of carbonyl (C=O) groups excluding carboxylic acids is 1. The predicted molar refractivity (Wildman–Crippen MR) is 99.5 cm³/mol. The minimum Gasteiger partial charge on any atom is -0.379 e. The van der Waals surface area contributed by atoms with Gasteiger partial charge in [0.05, 0.1) is 24.7 Å². The lowest BCUT2D eigenvalue weighted by atomic mass is 10.1. The number of carbonyl (C=O) groups is 1. The van der Waals surface area contributed by atoms with Gasteiger partial charge in [-0.05, 0) is 30.2 Å². The van der Waals surface area contributed by atoms with Crippen molar-refractivity contribution < 1.29 is 22.8 Å². The zero-order chi connectivity index (χ0) is 19.3. The largest absolute Gasteiger partial charge is 0.379 e. The molecule has 2 aromatic carbocycles. The van der Waals surface area contributed by atoms with Crippen molar-refractivity contribution in [3.05, 3.63) is 65.2 Å². The first-order valence-corrected chi connectivity index (χ1v) is 10.1. The molecule has 144 valence electrons. The number of hydrogen-bond acceptors (Lipinski definition) is 5. The number of ether oxygens (including phenoxy) is 1. The van der Waals surface area contributed by atoms with Crippen LogP contribution < -0.4 is 5.48 Å². The van der Waals surface area contributed by atoms with Gasteiger partial charge >= 0.3 is 0 Å². The van der Waals surface area contributed by atoms with E-state index in [0.29, 0.717) is 31.9 Å². The Bertz CT molecular complexity index is 894. The molecule has 0 spiro atoms. The van der Waals surface area contributed by atoms with E-state index >= 15 is 0 Å². The van der Waals surface area contributed by atoms with Crippen molar-refractivity contribution >= 4 is 15.9 Å². The maximum Gasteiger partial charge on any atom is 0.275 e. The average molecular weight is 390 g/mol. The minimum absolute atomic E-state index is 0.0863. The summed E-state index contributed by atoms with van der Waals surface area (Å²) in [5, 5.41) is 0. The van der Waals surface area contributed by atoms with Gasteiger partial charge in [0.1, 0.15) is 0 Å². The van der Waals surface area contributed by atoms with Crippen LogP contribution in [0.1, 0.15) is 21.5 Å². The Labute approximate surface area is 158 Å². The summed E-state index contributed by atoms with van der Waals surface area (Å²) in [5.74, 6) is -0.484. The van der Waals surface area contributed by atoms with E-state index in [-0.39, 0.29) is 17.1 Å². The highest BCUT2D eigenvalue weighted by Gasteiger charge is 2.27. The Hall–Kier alpha value is -2.26. The van der Waals surface area contributed by atoms with Crippen LogP contribution in [-0.4, -0.2) is 44.9 Å². The second-order valence-corrected chi connectivity index (χ2v) is 8.14. The molecule has 0 aliphatic carbocycles. The summed E-state index contributed by atoms with van der Waals surface area (Å²) in [7, 11) is -3.67. The van der Waals surface area contributed by atoms with E-state index in [1.54, 1.807) is 13.0 Å². The highest BCUT2D eigenvalue weighted by atomic mass is 32.2. The lowest BCUT2D eigenvalue weighted by Crippen LogP contribution is -2.40. The zero-order valence-corrected chi connectivity index (χ0v) is 15.9. The molecule has 27 heavy (non-hydrogen) atoms. The topological polar surface area (TPSA) is 84.9 Å². The molecule has 0 aromatic heterocycles. The fraction of sp³-hybridized carbons (Fsp3) is 0.316. The number of benzene rings is 2. The summed E-state index contributed by atoms with van der Waals surface area (Å²) in [5.41, 5.74) is 4.22. The molecule has 1 heterocycles. The fourth-order valence-corrected chi connectivity index (χ4v) is 4.19. The molecule has 0 saturated carbocycles. The third-order valence-electron chi connectivity index (χ3n) is 4.31. The summed E-state index contributed by atoms with van der Waals surface area (Å²) in [6, 6.07) is 13.9. The van der Waals surface area contributed by atoms with Crippen LogP contribution in [0.25, 0.3) is 0 Å². The lowest BCUT2D eigenvalue weighted by Gasteiger charge is -2.26. The van der Waals surface area contributed by atoms with E-state index in [1.807, 2.05) is 30.3 Å². The van der Waals surface area contributed by atoms with Gasteiger partial charge in [-0.15, -0.1) is 0 Å². The molecule has 1 aliphatic rings. The molecular weight excluding hydrogens is 368 g/mol. The van der Waals surface area contributed by atoms with Gasteiger partial charge in [0.25, 0.3) is 5.91 Å². The Morgan fingerprint density at radius 2 is 1.85 bits per heavy atom. The van der Waals surface area contributed by atoms with Crippen molar-refractivity contribution in [3.8, 4) is 0 Å². The zero-order valence-electron chi connectivity index (χ0n) is 15.1. The predicted octanol–water partition coefficient (Wildman–Crippen LogP) is 1.88. The number of amides is 1. The van der Waals surface area contributed by atoms with E-state index in [0.717, 1.165) is 5.56 Å². The van der Waals surface area contributed by atoms with Crippen LogP contribution in [0.15, 0.2) is 53.4 Å². The highest BCUT2D eigenvalue weighted by Crippen LogP contribution is 2.20. The van der Waals surface area contributed by atoms with Gasteiger partial charge in [0, 0.05) is 18.7 Å². The minimum atomic E-state index is -3.67. The summed E-state index contributed by atoms with van der Waals surface area (Å²) < 4.78 is 32.1. The number of hydroxylamine groups is 1. The molecule has 0 bridgehead atoms. The van der Waals surface area contributed by atoms with Crippen molar-refractivity contribution in [2.45, 2.75) is 18.4 Å². The van der Waals surface area contributed by atoms with E-state index in [4.69, 9.17) is 9.57 Å². The van der Waals surface area contributed by atoms with Crippen LogP contribution in [0.2, 0.25) is 0 Å². The third-order valence-corrected chi connectivity index (χ3v) is 6.20. The molecule has 2 aromatic rings. The maximum absolute atomic E-state index is 12.8. The number of aryl methyl sites for hydroxylation is 1. The van der Waals surface area contributed by atoms with Gasteiger partial charge in [0.2, 0.25) is 10.0 Å². The Balaban J connectivity index is 1.71. The van der Waals surface area contributed by atoms with Crippen molar-refractivity contribution in [2.75, 3.05) is 26.3 Å².